The zero-order valence-corrected chi connectivity index (χ0v) is 12.6. The molecule has 0 fully saturated rings. The maximum Gasteiger partial charge on any atom is 0.303 e. The monoisotopic (exact) mass is 329 g/mol. The fraction of sp³-hybridized carbons (Fsp3) is 0.0909. The van der Waals surface area contributed by atoms with Crippen molar-refractivity contribution in [3.8, 4) is 0 Å². The van der Waals surface area contributed by atoms with Crippen molar-refractivity contribution in [2.45, 2.75) is 6.92 Å². The Labute approximate surface area is 130 Å². The van der Waals surface area contributed by atoms with Crippen LogP contribution in [0.25, 0.3) is 0 Å². The first-order chi connectivity index (χ1) is 9.40. The number of halogens is 2. The number of nitrogens with two attached hydrogens (primary N) is 1. The average Bonchev–Trinajstić information content (AvgIpc) is 2.65. The van der Waals surface area contributed by atoms with Crippen LogP contribution in [0.1, 0.15) is 6.92 Å². The van der Waals surface area contributed by atoms with Crippen molar-refractivity contribution in [2.24, 2.45) is 15.9 Å². The Morgan fingerprint density at radius 1 is 1.50 bits per heavy atom. The van der Waals surface area contributed by atoms with E-state index in [0.717, 1.165) is 5.01 Å². The molecule has 0 radical (unpaired) electrons. The molecule has 6 nitrogen and oxygen atoms in total. The molecule has 0 bridgehead atoms. The summed E-state index contributed by atoms with van der Waals surface area (Å²) < 4.78 is 0. The van der Waals surface area contributed by atoms with E-state index in [9.17, 15) is 4.79 Å². The largest absolute Gasteiger partial charge is 0.374 e. The third-order valence-corrected chi connectivity index (χ3v) is 3.14. The second-order valence-electron chi connectivity index (χ2n) is 3.84. The smallest absolute Gasteiger partial charge is 0.303 e. The molecule has 1 amide bonds. The van der Waals surface area contributed by atoms with Gasteiger partial charge in [-0.1, -0.05) is 23.2 Å². The van der Waals surface area contributed by atoms with Crippen molar-refractivity contribution in [3.63, 3.8) is 0 Å². The van der Waals surface area contributed by atoms with E-state index in [2.05, 4.69) is 15.6 Å². The summed E-state index contributed by atoms with van der Waals surface area (Å²) in [5.74, 6) is -0.493. The number of anilines is 1. The molecule has 3 N–H and O–H groups in total. The lowest BCUT2D eigenvalue weighted by Gasteiger charge is -2.07. The molecule has 2 rings (SSSR count). The highest BCUT2D eigenvalue weighted by atomic mass is 35.5. The number of carbonyl (C=O) groups is 1. The van der Waals surface area contributed by atoms with Gasteiger partial charge in [0.1, 0.15) is 0 Å². The van der Waals surface area contributed by atoms with E-state index in [0.29, 0.717) is 21.4 Å². The summed E-state index contributed by atoms with van der Waals surface area (Å²) in [6, 6.07) is 4.85. The minimum Gasteiger partial charge on any atom is -0.374 e. The summed E-state index contributed by atoms with van der Waals surface area (Å²) in [6.07, 6.45) is 0. The second kappa shape index (κ2) is 5.74. The molecule has 0 spiro atoms. The summed E-state index contributed by atoms with van der Waals surface area (Å²) in [4.78, 5) is 11.9. The topological polar surface area (TPSA) is 83.1 Å². The van der Waals surface area contributed by atoms with Gasteiger partial charge in [0.05, 0.1) is 16.4 Å². The Morgan fingerprint density at radius 2 is 2.20 bits per heavy atom. The van der Waals surface area contributed by atoms with Crippen LogP contribution in [-0.4, -0.2) is 27.5 Å². The van der Waals surface area contributed by atoms with E-state index < -0.39 is 5.91 Å². The molecule has 0 unspecified atom stereocenters. The SMILES string of the molecule is CC1=NN(C(N)=S)C(=O)/C1=N/Nc1ccc(Cl)cc1Cl. The number of thiocarbonyl (C=S) groups is 1. The van der Waals surface area contributed by atoms with Gasteiger partial charge in [0.15, 0.2) is 10.8 Å². The summed E-state index contributed by atoms with van der Waals surface area (Å²) in [6.45, 7) is 1.63. The fourth-order valence-corrected chi connectivity index (χ4v) is 2.05. The van der Waals surface area contributed by atoms with E-state index in [1.807, 2.05) is 0 Å². The summed E-state index contributed by atoms with van der Waals surface area (Å²) in [5.41, 5.74) is 9.10. The minimum absolute atomic E-state index is 0.115. The van der Waals surface area contributed by atoms with E-state index in [-0.39, 0.29) is 10.8 Å². The first kappa shape index (κ1) is 14.7. The average molecular weight is 330 g/mol. The predicted molar refractivity (Wildman–Crippen MR) is 84.3 cm³/mol. The minimum atomic E-state index is -0.493. The molecule has 1 aliphatic heterocycles. The Morgan fingerprint density at radius 3 is 2.75 bits per heavy atom. The van der Waals surface area contributed by atoms with Crippen molar-refractivity contribution in [1.29, 1.82) is 0 Å². The van der Waals surface area contributed by atoms with Gasteiger partial charge in [-0.15, -0.1) is 0 Å². The zero-order valence-electron chi connectivity index (χ0n) is 10.2. The summed E-state index contributed by atoms with van der Waals surface area (Å²) >= 11 is 16.5. The Kier molecular flexibility index (Phi) is 4.22. The van der Waals surface area contributed by atoms with Gasteiger partial charge >= 0.3 is 5.91 Å². The molecule has 0 aromatic heterocycles. The molecule has 0 saturated carbocycles. The van der Waals surface area contributed by atoms with Gasteiger partial charge in [0.25, 0.3) is 0 Å². The Hall–Kier alpha value is -1.70. The van der Waals surface area contributed by atoms with Gasteiger partial charge in [0, 0.05) is 5.02 Å². The number of hydrogen-bond donors (Lipinski definition) is 2. The molecular formula is C11H9Cl2N5OS. The summed E-state index contributed by atoms with van der Waals surface area (Å²) in [7, 11) is 0. The molecule has 104 valence electrons. The van der Waals surface area contributed by atoms with Gasteiger partial charge in [-0.05, 0) is 37.3 Å². The van der Waals surface area contributed by atoms with Gasteiger partial charge in [0.2, 0.25) is 0 Å². The molecule has 1 aromatic rings. The van der Waals surface area contributed by atoms with Gasteiger partial charge in [-0.25, -0.2) is 0 Å². The van der Waals surface area contributed by atoms with E-state index >= 15 is 0 Å². The number of nitrogens with one attached hydrogen (secondary N) is 1. The number of carbonyl (C=O) groups excluding carboxylic acids is 1. The van der Waals surface area contributed by atoms with Crippen LogP contribution in [-0.2, 0) is 4.79 Å². The highest BCUT2D eigenvalue weighted by molar-refractivity contribution is 7.80. The van der Waals surface area contributed by atoms with Crippen LogP contribution in [0.4, 0.5) is 5.69 Å². The van der Waals surface area contributed by atoms with Crippen molar-refractivity contribution in [3.05, 3.63) is 28.2 Å². The third-order valence-electron chi connectivity index (χ3n) is 2.42. The lowest BCUT2D eigenvalue weighted by Crippen LogP contribution is -2.36. The van der Waals surface area contributed by atoms with Crippen LogP contribution in [0.2, 0.25) is 10.0 Å². The van der Waals surface area contributed by atoms with Crippen molar-refractivity contribution >= 4 is 63.6 Å². The van der Waals surface area contributed by atoms with Crippen LogP contribution >= 0.6 is 35.4 Å². The molecule has 20 heavy (non-hydrogen) atoms. The molecule has 0 atom stereocenters. The predicted octanol–water partition coefficient (Wildman–Crippen LogP) is 2.22. The first-order valence-corrected chi connectivity index (χ1v) is 6.55. The number of rotatable bonds is 2. The van der Waals surface area contributed by atoms with Crippen LogP contribution in [0.5, 0.6) is 0 Å². The van der Waals surface area contributed by atoms with E-state index in [1.54, 1.807) is 25.1 Å². The van der Waals surface area contributed by atoms with Crippen LogP contribution in [0.15, 0.2) is 28.4 Å². The number of nitrogens with zero attached hydrogens (tertiary/aromatic N) is 3. The number of hydrazone groups is 2. The summed E-state index contributed by atoms with van der Waals surface area (Å²) in [5, 5.41) is 9.55. The maximum absolute atomic E-state index is 11.9. The van der Waals surface area contributed by atoms with Crippen molar-refractivity contribution in [1.82, 2.24) is 5.01 Å². The molecule has 9 heteroatoms. The fourth-order valence-electron chi connectivity index (χ4n) is 1.47. The first-order valence-electron chi connectivity index (χ1n) is 5.38. The highest BCUT2D eigenvalue weighted by Crippen LogP contribution is 2.25. The molecule has 1 aliphatic rings. The number of hydrogen-bond acceptors (Lipinski definition) is 5. The van der Waals surface area contributed by atoms with E-state index in [4.69, 9.17) is 41.2 Å². The van der Waals surface area contributed by atoms with Crippen LogP contribution < -0.4 is 11.2 Å². The molecule has 1 aromatic carbocycles. The van der Waals surface area contributed by atoms with Crippen molar-refractivity contribution in [2.75, 3.05) is 5.43 Å². The van der Waals surface area contributed by atoms with Gasteiger partial charge in [-0.2, -0.15) is 15.2 Å². The zero-order chi connectivity index (χ0) is 14.9. The van der Waals surface area contributed by atoms with Gasteiger partial charge < -0.3 is 5.73 Å². The number of benzene rings is 1. The van der Waals surface area contributed by atoms with Crippen LogP contribution in [0, 0.1) is 0 Å². The standard InChI is InChI=1S/C11H9Cl2N5OS/c1-5-9(10(19)18(17-5)11(14)20)16-15-8-3-2-6(12)4-7(8)13/h2-4,15H,1H3,(H2,14,20)/b16-9+. The van der Waals surface area contributed by atoms with E-state index in [1.165, 1.54) is 0 Å². The van der Waals surface area contributed by atoms with Crippen molar-refractivity contribution < 1.29 is 4.79 Å². The lowest BCUT2D eigenvalue weighted by molar-refractivity contribution is -0.119. The quantitative estimate of drug-likeness (QED) is 0.643. The molecular weight excluding hydrogens is 321 g/mol. The normalized spacial score (nSPS) is 16.6. The third kappa shape index (κ3) is 2.90. The highest BCUT2D eigenvalue weighted by Gasteiger charge is 2.31. The van der Waals surface area contributed by atoms with Crippen LogP contribution in [0.3, 0.4) is 0 Å². The Balaban J connectivity index is 2.22. The lowest BCUT2D eigenvalue weighted by atomic mass is 10.2. The second-order valence-corrected chi connectivity index (χ2v) is 5.10. The molecule has 1 heterocycles. The molecule has 0 saturated heterocycles. The molecule has 0 aliphatic carbocycles. The number of amides is 1. The Bertz CT molecular complexity index is 658. The maximum atomic E-state index is 11.9. The van der Waals surface area contributed by atoms with Gasteiger partial charge in [-0.3, -0.25) is 10.2 Å².